The lowest BCUT2D eigenvalue weighted by Crippen LogP contribution is -2.29. The number of likely N-dealkylation sites (tertiary alicyclic amines) is 1. The van der Waals surface area contributed by atoms with Gasteiger partial charge >= 0.3 is 0 Å². The van der Waals surface area contributed by atoms with Crippen LogP contribution >= 0.6 is 0 Å². The van der Waals surface area contributed by atoms with Crippen LogP contribution < -0.4 is 18.9 Å². The van der Waals surface area contributed by atoms with Gasteiger partial charge in [-0.2, -0.15) is 0 Å². The first-order valence-electron chi connectivity index (χ1n) is 12.3. The van der Waals surface area contributed by atoms with Crippen LogP contribution in [-0.2, 0) is 16.1 Å². The fraction of sp³-hybridized carbons (Fsp3) is 0.310. The molecule has 2 aromatic carbocycles. The highest BCUT2D eigenvalue weighted by Gasteiger charge is 2.47. The monoisotopic (exact) mass is 521 g/mol. The number of carbonyl (C=O) groups is 2. The SMILES string of the molecule is CCCCOc1cccc(C(O)=C2C(=O)C(=O)N(Cc3ccco3)C2c2cc(OC)c(OC)c(OC)c2)c1. The van der Waals surface area contributed by atoms with Crippen molar-refractivity contribution < 1.29 is 38.1 Å². The van der Waals surface area contributed by atoms with E-state index in [1.54, 1.807) is 48.5 Å². The van der Waals surface area contributed by atoms with E-state index in [2.05, 4.69) is 6.92 Å². The van der Waals surface area contributed by atoms with Gasteiger partial charge in [-0.25, -0.2) is 0 Å². The number of nitrogens with zero attached hydrogens (tertiary/aromatic N) is 1. The molecule has 9 heteroatoms. The lowest BCUT2D eigenvalue weighted by atomic mass is 9.94. The molecule has 1 aliphatic heterocycles. The number of rotatable bonds is 11. The summed E-state index contributed by atoms with van der Waals surface area (Å²) >= 11 is 0. The lowest BCUT2D eigenvalue weighted by Gasteiger charge is -2.26. The number of hydrogen-bond acceptors (Lipinski definition) is 8. The molecule has 0 aliphatic carbocycles. The number of aliphatic hydroxyl groups is 1. The summed E-state index contributed by atoms with van der Waals surface area (Å²) in [6.07, 6.45) is 3.35. The molecule has 1 aliphatic rings. The van der Waals surface area contributed by atoms with Crippen LogP contribution in [0.2, 0.25) is 0 Å². The van der Waals surface area contributed by atoms with Crippen LogP contribution in [-0.4, -0.2) is 49.6 Å². The fourth-order valence-corrected chi connectivity index (χ4v) is 4.44. The fourth-order valence-electron chi connectivity index (χ4n) is 4.44. The summed E-state index contributed by atoms with van der Waals surface area (Å²) in [5.74, 6) is 0.187. The lowest BCUT2D eigenvalue weighted by molar-refractivity contribution is -0.140. The number of amides is 1. The molecule has 38 heavy (non-hydrogen) atoms. The summed E-state index contributed by atoms with van der Waals surface area (Å²) in [6.45, 7) is 2.60. The minimum atomic E-state index is -0.960. The Morgan fingerprint density at radius 3 is 2.34 bits per heavy atom. The highest BCUT2D eigenvalue weighted by molar-refractivity contribution is 6.46. The van der Waals surface area contributed by atoms with Crippen molar-refractivity contribution in [1.82, 2.24) is 4.90 Å². The highest BCUT2D eigenvalue weighted by atomic mass is 16.5. The van der Waals surface area contributed by atoms with Crippen LogP contribution in [0, 0.1) is 0 Å². The minimum Gasteiger partial charge on any atom is -0.507 e. The summed E-state index contributed by atoms with van der Waals surface area (Å²) in [5, 5.41) is 11.4. The van der Waals surface area contributed by atoms with Crippen LogP contribution in [0.4, 0.5) is 0 Å². The molecule has 1 unspecified atom stereocenters. The van der Waals surface area contributed by atoms with E-state index >= 15 is 0 Å². The number of unbranched alkanes of at least 4 members (excludes halogenated alkanes) is 1. The molecule has 0 saturated carbocycles. The Hall–Kier alpha value is -4.40. The number of benzene rings is 2. The summed E-state index contributed by atoms with van der Waals surface area (Å²) in [7, 11) is 4.44. The number of methoxy groups -OCH3 is 3. The molecule has 3 aromatic rings. The van der Waals surface area contributed by atoms with Gasteiger partial charge in [0, 0.05) is 5.56 Å². The zero-order valence-corrected chi connectivity index (χ0v) is 21.9. The quantitative estimate of drug-likeness (QED) is 0.161. The topological polar surface area (TPSA) is 108 Å². The maximum absolute atomic E-state index is 13.4. The second-order valence-electron chi connectivity index (χ2n) is 8.69. The van der Waals surface area contributed by atoms with Gasteiger partial charge in [-0.15, -0.1) is 0 Å². The van der Waals surface area contributed by atoms with Gasteiger partial charge in [0.15, 0.2) is 11.5 Å². The highest BCUT2D eigenvalue weighted by Crippen LogP contribution is 2.46. The third kappa shape index (κ3) is 5.18. The van der Waals surface area contributed by atoms with Gasteiger partial charge in [-0.3, -0.25) is 9.59 Å². The van der Waals surface area contributed by atoms with Crippen molar-refractivity contribution in [2.75, 3.05) is 27.9 Å². The first kappa shape index (κ1) is 26.7. The van der Waals surface area contributed by atoms with Crippen molar-refractivity contribution >= 4 is 17.4 Å². The molecule has 200 valence electrons. The van der Waals surface area contributed by atoms with Gasteiger partial charge in [0.05, 0.1) is 52.4 Å². The zero-order chi connectivity index (χ0) is 27.2. The van der Waals surface area contributed by atoms with E-state index in [1.165, 1.54) is 32.5 Å². The van der Waals surface area contributed by atoms with E-state index in [9.17, 15) is 14.7 Å². The first-order chi connectivity index (χ1) is 18.4. The van der Waals surface area contributed by atoms with E-state index in [-0.39, 0.29) is 17.9 Å². The molecule has 0 spiro atoms. The molecule has 0 radical (unpaired) electrons. The molecule has 9 nitrogen and oxygen atoms in total. The Kier molecular flexibility index (Phi) is 8.25. The Balaban J connectivity index is 1.87. The first-order valence-corrected chi connectivity index (χ1v) is 12.3. The van der Waals surface area contributed by atoms with E-state index in [1.807, 2.05) is 0 Å². The van der Waals surface area contributed by atoms with Gasteiger partial charge in [0.1, 0.15) is 17.3 Å². The molecule has 2 heterocycles. The Morgan fingerprint density at radius 1 is 1.00 bits per heavy atom. The maximum atomic E-state index is 13.4. The van der Waals surface area contributed by atoms with Crippen molar-refractivity contribution in [3.63, 3.8) is 0 Å². The summed E-state index contributed by atoms with van der Waals surface area (Å²) in [6, 6.07) is 12.6. The Bertz CT molecular complexity index is 1300. The van der Waals surface area contributed by atoms with Gasteiger partial charge in [-0.05, 0) is 48.4 Å². The second kappa shape index (κ2) is 11.8. The van der Waals surface area contributed by atoms with Crippen molar-refractivity contribution in [2.45, 2.75) is 32.4 Å². The van der Waals surface area contributed by atoms with E-state index in [4.69, 9.17) is 23.4 Å². The van der Waals surface area contributed by atoms with Crippen LogP contribution in [0.5, 0.6) is 23.0 Å². The molecule has 1 aromatic heterocycles. The van der Waals surface area contributed by atoms with Crippen LogP contribution in [0.3, 0.4) is 0 Å². The van der Waals surface area contributed by atoms with E-state index < -0.39 is 17.7 Å². The average Bonchev–Trinajstić information content (AvgIpc) is 3.54. The van der Waals surface area contributed by atoms with Gasteiger partial charge < -0.3 is 33.4 Å². The Labute approximate surface area is 221 Å². The number of hydrogen-bond donors (Lipinski definition) is 1. The molecule has 1 atom stereocenters. The third-order valence-corrected chi connectivity index (χ3v) is 6.32. The molecular weight excluding hydrogens is 490 g/mol. The third-order valence-electron chi connectivity index (χ3n) is 6.32. The van der Waals surface area contributed by atoms with Crippen molar-refractivity contribution in [1.29, 1.82) is 0 Å². The van der Waals surface area contributed by atoms with Crippen molar-refractivity contribution in [3.8, 4) is 23.0 Å². The number of furan rings is 1. The number of carbonyl (C=O) groups excluding carboxylic acids is 2. The van der Waals surface area contributed by atoms with E-state index in [0.717, 1.165) is 12.8 Å². The number of aliphatic hydroxyl groups excluding tert-OH is 1. The summed E-state index contributed by atoms with van der Waals surface area (Å²) in [5.41, 5.74) is 0.774. The predicted molar refractivity (Wildman–Crippen MR) is 139 cm³/mol. The van der Waals surface area contributed by atoms with E-state index in [0.29, 0.717) is 46.5 Å². The van der Waals surface area contributed by atoms with Crippen LogP contribution in [0.1, 0.15) is 42.7 Å². The predicted octanol–water partition coefficient (Wildman–Crippen LogP) is 5.11. The molecule has 1 N–H and O–H groups in total. The minimum absolute atomic E-state index is 0.00977. The van der Waals surface area contributed by atoms with Crippen molar-refractivity contribution in [3.05, 3.63) is 77.3 Å². The summed E-state index contributed by atoms with van der Waals surface area (Å²) < 4.78 is 27.7. The average molecular weight is 522 g/mol. The molecule has 1 fully saturated rings. The summed E-state index contributed by atoms with van der Waals surface area (Å²) in [4.78, 5) is 28.1. The van der Waals surface area contributed by atoms with Crippen molar-refractivity contribution in [2.24, 2.45) is 0 Å². The number of ether oxygens (including phenoxy) is 4. The molecule has 0 bridgehead atoms. The maximum Gasteiger partial charge on any atom is 0.296 e. The normalized spacial score (nSPS) is 16.5. The number of ketones is 1. The number of Topliss-reactive ketones (excluding diaryl/α,β-unsaturated/α-hetero) is 1. The second-order valence-corrected chi connectivity index (χ2v) is 8.69. The molecule has 1 saturated heterocycles. The Morgan fingerprint density at radius 2 is 1.74 bits per heavy atom. The molecular formula is C29H31NO8. The van der Waals surface area contributed by atoms with Gasteiger partial charge in [0.2, 0.25) is 5.75 Å². The molecule has 1 amide bonds. The zero-order valence-electron chi connectivity index (χ0n) is 21.9. The van der Waals surface area contributed by atoms with Gasteiger partial charge in [0.25, 0.3) is 11.7 Å². The smallest absolute Gasteiger partial charge is 0.296 e. The molecule has 4 rings (SSSR count). The van der Waals surface area contributed by atoms with Crippen LogP contribution in [0.25, 0.3) is 5.76 Å². The van der Waals surface area contributed by atoms with Crippen LogP contribution in [0.15, 0.2) is 64.8 Å². The van der Waals surface area contributed by atoms with Gasteiger partial charge in [-0.1, -0.05) is 25.5 Å². The standard InChI is InChI=1S/C29H31NO8/c1-5-6-12-37-20-10-7-9-18(14-20)26(31)24-25(19-15-22(34-2)28(36-4)23(16-19)35-3)30(29(33)27(24)32)17-21-11-8-13-38-21/h7-11,13-16,25,31H,5-6,12,17H2,1-4H3. The largest absolute Gasteiger partial charge is 0.507 e.